The van der Waals surface area contributed by atoms with Crippen molar-refractivity contribution in [2.45, 2.75) is 20.4 Å². The lowest BCUT2D eigenvalue weighted by Gasteiger charge is -2.19. The Balaban J connectivity index is 1.60. The molecule has 0 aliphatic heterocycles. The Morgan fingerprint density at radius 2 is 1.73 bits per heavy atom. The summed E-state index contributed by atoms with van der Waals surface area (Å²) in [6.45, 7) is 4.62. The number of carbonyl (C=O) groups excluding carboxylic acids is 1. The summed E-state index contributed by atoms with van der Waals surface area (Å²) in [6, 6.07) is 19.2. The molecule has 30 heavy (non-hydrogen) atoms. The Bertz CT molecular complexity index is 1290. The zero-order valence-electron chi connectivity index (χ0n) is 17.4. The van der Waals surface area contributed by atoms with Gasteiger partial charge in [-0.15, -0.1) is 0 Å². The van der Waals surface area contributed by atoms with Crippen LogP contribution in [-0.2, 0) is 11.3 Å². The van der Waals surface area contributed by atoms with E-state index in [4.69, 9.17) is 4.42 Å². The maximum absolute atomic E-state index is 12.6. The number of aryl methyl sites for hydroxylation is 2. The van der Waals surface area contributed by atoms with Crippen LogP contribution in [-0.4, -0.2) is 24.4 Å². The average molecular weight is 400 g/mol. The minimum atomic E-state index is -0.388. The number of amides is 1. The molecule has 0 aliphatic carbocycles. The van der Waals surface area contributed by atoms with Crippen molar-refractivity contribution in [1.82, 2.24) is 4.90 Å². The van der Waals surface area contributed by atoms with E-state index >= 15 is 0 Å². The second-order valence-corrected chi connectivity index (χ2v) is 7.74. The molecule has 1 N–H and O–H groups in total. The van der Waals surface area contributed by atoms with Gasteiger partial charge in [0.2, 0.25) is 5.91 Å². The van der Waals surface area contributed by atoms with Gasteiger partial charge in [0.05, 0.1) is 6.54 Å². The van der Waals surface area contributed by atoms with Gasteiger partial charge in [0.1, 0.15) is 5.58 Å². The van der Waals surface area contributed by atoms with Crippen LogP contribution in [0, 0.1) is 13.8 Å². The van der Waals surface area contributed by atoms with Gasteiger partial charge in [0, 0.05) is 23.7 Å². The van der Waals surface area contributed by atoms with E-state index < -0.39 is 0 Å². The van der Waals surface area contributed by atoms with E-state index in [1.807, 2.05) is 80.4 Å². The molecule has 0 aliphatic rings. The highest BCUT2D eigenvalue weighted by molar-refractivity contribution is 6.07. The van der Waals surface area contributed by atoms with Crippen LogP contribution >= 0.6 is 0 Å². The highest BCUT2D eigenvalue weighted by atomic mass is 16.4. The van der Waals surface area contributed by atoms with Gasteiger partial charge in [0.25, 0.3) is 0 Å². The quantitative estimate of drug-likeness (QED) is 0.392. The van der Waals surface area contributed by atoms with Crippen LogP contribution in [0.15, 0.2) is 69.9 Å². The smallest absolute Gasteiger partial charge is 0.336 e. The molecule has 1 aromatic heterocycles. The number of anilines is 1. The topological polar surface area (TPSA) is 62.6 Å². The van der Waals surface area contributed by atoms with Crippen LogP contribution in [0.25, 0.3) is 21.7 Å². The Morgan fingerprint density at radius 3 is 2.50 bits per heavy atom. The normalized spacial score (nSPS) is 11.3. The molecule has 0 atom stereocenters. The van der Waals surface area contributed by atoms with Gasteiger partial charge >= 0.3 is 5.63 Å². The number of benzene rings is 3. The zero-order chi connectivity index (χ0) is 21.3. The van der Waals surface area contributed by atoms with Crippen LogP contribution in [0.3, 0.4) is 0 Å². The predicted octanol–water partition coefficient (Wildman–Crippen LogP) is 4.63. The van der Waals surface area contributed by atoms with E-state index in [1.165, 1.54) is 6.07 Å². The number of fused-ring (bicyclic) bond motifs is 3. The molecular formula is C25H24N2O3. The van der Waals surface area contributed by atoms with Crippen molar-refractivity contribution in [3.8, 4) is 0 Å². The highest BCUT2D eigenvalue weighted by Gasteiger charge is 2.14. The van der Waals surface area contributed by atoms with E-state index in [1.54, 1.807) is 0 Å². The van der Waals surface area contributed by atoms with Gasteiger partial charge in [-0.2, -0.15) is 0 Å². The van der Waals surface area contributed by atoms with Crippen molar-refractivity contribution in [2.75, 3.05) is 18.9 Å². The number of nitrogens with one attached hydrogen (secondary N) is 1. The van der Waals surface area contributed by atoms with Crippen LogP contribution < -0.4 is 10.9 Å². The molecule has 1 heterocycles. The van der Waals surface area contributed by atoms with Crippen molar-refractivity contribution in [1.29, 1.82) is 0 Å². The minimum absolute atomic E-state index is 0.0907. The summed E-state index contributed by atoms with van der Waals surface area (Å²) in [5, 5.41) is 6.03. The van der Waals surface area contributed by atoms with Gasteiger partial charge in [0.15, 0.2) is 0 Å². The molecule has 0 radical (unpaired) electrons. The first-order chi connectivity index (χ1) is 14.4. The monoisotopic (exact) mass is 400 g/mol. The fraction of sp³-hybridized carbons (Fsp3) is 0.200. The third-order valence-electron chi connectivity index (χ3n) is 5.31. The molecule has 0 spiro atoms. The third kappa shape index (κ3) is 3.98. The number of nitrogens with zero attached hydrogens (tertiary/aromatic N) is 1. The van der Waals surface area contributed by atoms with Crippen LogP contribution in [0.5, 0.6) is 0 Å². The van der Waals surface area contributed by atoms with Crippen molar-refractivity contribution >= 4 is 33.3 Å². The lowest BCUT2D eigenvalue weighted by atomic mass is 10.0. The van der Waals surface area contributed by atoms with Crippen molar-refractivity contribution < 1.29 is 9.21 Å². The first-order valence-corrected chi connectivity index (χ1v) is 9.91. The molecule has 0 saturated carbocycles. The molecule has 4 aromatic rings. The highest BCUT2D eigenvalue weighted by Crippen LogP contribution is 2.28. The molecule has 4 rings (SSSR count). The summed E-state index contributed by atoms with van der Waals surface area (Å²) in [7, 11) is 1.87. The lowest BCUT2D eigenvalue weighted by Crippen LogP contribution is -2.30. The Hall–Kier alpha value is -3.44. The maximum atomic E-state index is 12.6. The summed E-state index contributed by atoms with van der Waals surface area (Å²) in [4.78, 5) is 26.6. The molecule has 5 nitrogen and oxygen atoms in total. The Labute approximate surface area is 174 Å². The van der Waals surface area contributed by atoms with Crippen molar-refractivity contribution in [3.63, 3.8) is 0 Å². The zero-order valence-corrected chi connectivity index (χ0v) is 17.4. The number of likely N-dealkylation sites (N-methyl/N-ethyl adjacent to an activating group) is 1. The first-order valence-electron chi connectivity index (χ1n) is 9.91. The summed E-state index contributed by atoms with van der Waals surface area (Å²) < 4.78 is 5.43. The summed E-state index contributed by atoms with van der Waals surface area (Å²) in [6.07, 6.45) is 0. The molecule has 3 aromatic carbocycles. The van der Waals surface area contributed by atoms with E-state index in [-0.39, 0.29) is 18.1 Å². The van der Waals surface area contributed by atoms with Crippen LogP contribution in [0.1, 0.15) is 16.7 Å². The van der Waals surface area contributed by atoms with Gasteiger partial charge in [-0.25, -0.2) is 4.79 Å². The number of hydrogen-bond acceptors (Lipinski definition) is 4. The number of hydrogen-bond donors (Lipinski definition) is 1. The number of para-hydroxylation sites is 1. The molecule has 0 fully saturated rings. The van der Waals surface area contributed by atoms with Crippen LogP contribution in [0.4, 0.5) is 5.69 Å². The van der Waals surface area contributed by atoms with Gasteiger partial charge < -0.3 is 9.73 Å². The maximum Gasteiger partial charge on any atom is 0.336 e. The fourth-order valence-corrected chi connectivity index (χ4v) is 3.93. The molecule has 152 valence electrons. The van der Waals surface area contributed by atoms with Gasteiger partial charge in [-0.1, -0.05) is 48.5 Å². The van der Waals surface area contributed by atoms with Gasteiger partial charge in [-0.05, 0) is 54.4 Å². The fourth-order valence-electron chi connectivity index (χ4n) is 3.93. The van der Waals surface area contributed by atoms with E-state index in [2.05, 4.69) is 5.32 Å². The summed E-state index contributed by atoms with van der Waals surface area (Å²) >= 11 is 0. The molecule has 1 amide bonds. The average Bonchev–Trinajstić information content (AvgIpc) is 2.70. The Kier molecular flexibility index (Phi) is 5.38. The standard InChI is InChI=1S/C25H24N2O3/c1-16-7-6-8-17(2)25(16)26-22(28)15-27(3)14-19-13-23(29)30-21-12-11-18-9-4-5-10-20(18)24(19)21/h4-13H,14-15H2,1-3H3,(H,26,28). The van der Waals surface area contributed by atoms with Crippen LogP contribution in [0.2, 0.25) is 0 Å². The van der Waals surface area contributed by atoms with E-state index in [0.717, 1.165) is 38.5 Å². The minimum Gasteiger partial charge on any atom is -0.423 e. The molecule has 0 saturated heterocycles. The third-order valence-corrected chi connectivity index (χ3v) is 5.31. The molecule has 0 unspecified atom stereocenters. The Morgan fingerprint density at radius 1 is 1.00 bits per heavy atom. The SMILES string of the molecule is Cc1cccc(C)c1NC(=O)CN(C)Cc1cc(=O)oc2ccc3ccccc3c12. The largest absolute Gasteiger partial charge is 0.423 e. The van der Waals surface area contributed by atoms with E-state index in [0.29, 0.717) is 12.1 Å². The summed E-state index contributed by atoms with van der Waals surface area (Å²) in [5.41, 5.74) is 3.94. The van der Waals surface area contributed by atoms with Gasteiger partial charge in [-0.3, -0.25) is 9.69 Å². The second-order valence-electron chi connectivity index (χ2n) is 7.74. The summed E-state index contributed by atoms with van der Waals surface area (Å²) in [5.74, 6) is -0.0907. The first kappa shape index (κ1) is 19.9. The van der Waals surface area contributed by atoms with Crippen molar-refractivity contribution in [3.05, 3.63) is 87.8 Å². The lowest BCUT2D eigenvalue weighted by molar-refractivity contribution is -0.117. The number of carbonyl (C=O) groups is 1. The number of rotatable bonds is 5. The molecule has 5 heteroatoms. The van der Waals surface area contributed by atoms with Crippen molar-refractivity contribution in [2.24, 2.45) is 0 Å². The predicted molar refractivity (Wildman–Crippen MR) is 121 cm³/mol. The second kappa shape index (κ2) is 8.13. The molecular weight excluding hydrogens is 376 g/mol. The molecule has 0 bridgehead atoms. The van der Waals surface area contributed by atoms with E-state index in [9.17, 15) is 9.59 Å².